The Morgan fingerprint density at radius 1 is 1.24 bits per heavy atom. The van der Waals surface area contributed by atoms with E-state index in [1.165, 1.54) is 48.3 Å². The Bertz CT molecular complexity index is 384. The molecule has 0 saturated heterocycles. The molecule has 0 radical (unpaired) electrons. The summed E-state index contributed by atoms with van der Waals surface area (Å²) in [5, 5.41) is 0. The zero-order chi connectivity index (χ0) is 11.7. The predicted octanol–water partition coefficient (Wildman–Crippen LogP) is 3.78. The van der Waals surface area contributed by atoms with Crippen LogP contribution in [0.2, 0.25) is 0 Å². The molecule has 1 heterocycles. The van der Waals surface area contributed by atoms with Gasteiger partial charge in [0.05, 0.1) is 0 Å². The van der Waals surface area contributed by atoms with Gasteiger partial charge < -0.3 is 5.73 Å². The second-order valence-corrected chi connectivity index (χ2v) is 6.57. The van der Waals surface area contributed by atoms with E-state index in [2.05, 4.69) is 24.3 Å². The lowest BCUT2D eigenvalue weighted by molar-refractivity contribution is 0.412. The number of fused-ring (bicyclic) bond motifs is 1. The van der Waals surface area contributed by atoms with Gasteiger partial charge in [0.15, 0.2) is 0 Å². The van der Waals surface area contributed by atoms with Crippen LogP contribution in [0.4, 0.5) is 0 Å². The number of hydrogen-bond acceptors (Lipinski definition) is 2. The Balaban J connectivity index is 1.68. The van der Waals surface area contributed by atoms with Gasteiger partial charge in [-0.25, -0.2) is 0 Å². The van der Waals surface area contributed by atoms with Gasteiger partial charge in [0.2, 0.25) is 0 Å². The van der Waals surface area contributed by atoms with Crippen LogP contribution < -0.4 is 5.73 Å². The summed E-state index contributed by atoms with van der Waals surface area (Å²) in [5.41, 5.74) is 7.96. The summed E-state index contributed by atoms with van der Waals surface area (Å²) in [4.78, 5) is 1.46. The topological polar surface area (TPSA) is 26.0 Å². The number of rotatable bonds is 3. The quantitative estimate of drug-likeness (QED) is 0.879. The molecule has 1 aromatic rings. The molecule has 1 aliphatic heterocycles. The molecule has 0 amide bonds. The van der Waals surface area contributed by atoms with Gasteiger partial charge in [0.1, 0.15) is 0 Å². The minimum Gasteiger partial charge on any atom is -0.327 e. The number of nitrogens with two attached hydrogens (primary N) is 1. The largest absolute Gasteiger partial charge is 0.327 e. The number of thioether (sulfide) groups is 1. The van der Waals surface area contributed by atoms with E-state index >= 15 is 0 Å². The van der Waals surface area contributed by atoms with E-state index in [0.29, 0.717) is 12.0 Å². The SMILES string of the molecule is NC(CC1CCCC1)C1CSc2ccccc21. The molecule has 1 aromatic carbocycles. The fourth-order valence-corrected chi connectivity index (χ4v) is 4.68. The second-order valence-electron chi connectivity index (χ2n) is 5.51. The van der Waals surface area contributed by atoms with Crippen LogP contribution in [0.15, 0.2) is 29.2 Å². The maximum atomic E-state index is 6.46. The minimum atomic E-state index is 0.370. The molecule has 92 valence electrons. The van der Waals surface area contributed by atoms with Gasteiger partial charge in [-0.05, 0) is 24.0 Å². The Morgan fingerprint density at radius 2 is 2.00 bits per heavy atom. The highest BCUT2D eigenvalue weighted by molar-refractivity contribution is 7.99. The van der Waals surface area contributed by atoms with Crippen LogP contribution in [-0.2, 0) is 0 Å². The van der Waals surface area contributed by atoms with E-state index in [1.807, 2.05) is 11.8 Å². The van der Waals surface area contributed by atoms with Gasteiger partial charge in [-0.15, -0.1) is 11.8 Å². The van der Waals surface area contributed by atoms with Crippen molar-refractivity contribution in [2.45, 2.75) is 49.0 Å². The van der Waals surface area contributed by atoms with E-state index in [4.69, 9.17) is 5.73 Å². The van der Waals surface area contributed by atoms with Crippen LogP contribution >= 0.6 is 11.8 Å². The molecule has 2 unspecified atom stereocenters. The number of hydrogen-bond donors (Lipinski definition) is 1. The maximum absolute atomic E-state index is 6.46. The molecule has 2 N–H and O–H groups in total. The first kappa shape index (κ1) is 11.6. The molecule has 1 fully saturated rings. The summed E-state index contributed by atoms with van der Waals surface area (Å²) < 4.78 is 0. The third-order valence-corrected chi connectivity index (χ3v) is 5.54. The molecule has 17 heavy (non-hydrogen) atoms. The van der Waals surface area contributed by atoms with Gasteiger partial charge >= 0.3 is 0 Å². The molecule has 3 rings (SSSR count). The van der Waals surface area contributed by atoms with Gasteiger partial charge in [-0.2, -0.15) is 0 Å². The zero-order valence-electron chi connectivity index (χ0n) is 10.3. The summed E-state index contributed by atoms with van der Waals surface area (Å²) in [5.74, 6) is 2.69. The van der Waals surface area contributed by atoms with Crippen LogP contribution in [0.1, 0.15) is 43.6 Å². The van der Waals surface area contributed by atoms with Crippen molar-refractivity contribution in [2.24, 2.45) is 11.7 Å². The van der Waals surface area contributed by atoms with Crippen LogP contribution in [-0.4, -0.2) is 11.8 Å². The molecule has 0 aromatic heterocycles. The zero-order valence-corrected chi connectivity index (χ0v) is 11.1. The maximum Gasteiger partial charge on any atom is 0.0119 e. The van der Waals surface area contributed by atoms with E-state index in [1.54, 1.807) is 0 Å². The molecular weight excluding hydrogens is 226 g/mol. The van der Waals surface area contributed by atoms with Gasteiger partial charge in [0, 0.05) is 22.6 Å². The van der Waals surface area contributed by atoms with Crippen LogP contribution in [0, 0.1) is 5.92 Å². The first-order chi connectivity index (χ1) is 8.34. The highest BCUT2D eigenvalue weighted by Crippen LogP contribution is 2.42. The first-order valence-corrected chi connectivity index (χ1v) is 7.80. The normalized spacial score (nSPS) is 26.1. The van der Waals surface area contributed by atoms with Crippen molar-refractivity contribution >= 4 is 11.8 Å². The third kappa shape index (κ3) is 2.38. The van der Waals surface area contributed by atoms with E-state index in [0.717, 1.165) is 5.92 Å². The van der Waals surface area contributed by atoms with Crippen molar-refractivity contribution in [3.63, 3.8) is 0 Å². The number of benzene rings is 1. The summed E-state index contributed by atoms with van der Waals surface area (Å²) in [6.07, 6.45) is 6.91. The minimum absolute atomic E-state index is 0.370. The van der Waals surface area contributed by atoms with Crippen LogP contribution in [0.3, 0.4) is 0 Å². The second kappa shape index (κ2) is 5.03. The fourth-order valence-electron chi connectivity index (χ4n) is 3.34. The first-order valence-electron chi connectivity index (χ1n) is 6.82. The molecule has 2 atom stereocenters. The Hall–Kier alpha value is -0.470. The molecule has 2 aliphatic rings. The van der Waals surface area contributed by atoms with Gasteiger partial charge in [-0.3, -0.25) is 0 Å². The molecular formula is C15H21NS. The smallest absolute Gasteiger partial charge is 0.0119 e. The fraction of sp³-hybridized carbons (Fsp3) is 0.600. The van der Waals surface area contributed by atoms with E-state index in [-0.39, 0.29) is 0 Å². The van der Waals surface area contributed by atoms with Crippen molar-refractivity contribution in [1.82, 2.24) is 0 Å². The molecule has 0 spiro atoms. The van der Waals surface area contributed by atoms with Gasteiger partial charge in [-0.1, -0.05) is 43.9 Å². The van der Waals surface area contributed by atoms with E-state index in [9.17, 15) is 0 Å². The van der Waals surface area contributed by atoms with Crippen LogP contribution in [0.5, 0.6) is 0 Å². The summed E-state index contributed by atoms with van der Waals surface area (Å²) in [6.45, 7) is 0. The lowest BCUT2D eigenvalue weighted by Gasteiger charge is -2.22. The van der Waals surface area contributed by atoms with Crippen molar-refractivity contribution in [2.75, 3.05) is 5.75 Å². The summed E-state index contributed by atoms with van der Waals surface area (Å²) in [7, 11) is 0. The predicted molar refractivity (Wildman–Crippen MR) is 74.5 cm³/mol. The van der Waals surface area contributed by atoms with Crippen molar-refractivity contribution in [3.05, 3.63) is 29.8 Å². The molecule has 1 aliphatic carbocycles. The molecule has 1 saturated carbocycles. The highest BCUT2D eigenvalue weighted by atomic mass is 32.2. The summed E-state index contributed by atoms with van der Waals surface area (Å²) >= 11 is 1.98. The average Bonchev–Trinajstić information content (AvgIpc) is 2.96. The average molecular weight is 247 g/mol. The highest BCUT2D eigenvalue weighted by Gasteiger charge is 2.30. The van der Waals surface area contributed by atoms with Crippen molar-refractivity contribution in [3.8, 4) is 0 Å². The van der Waals surface area contributed by atoms with Crippen molar-refractivity contribution < 1.29 is 0 Å². The lowest BCUT2D eigenvalue weighted by Crippen LogP contribution is -2.30. The molecule has 2 heteroatoms. The molecule has 0 bridgehead atoms. The van der Waals surface area contributed by atoms with Gasteiger partial charge in [0.25, 0.3) is 0 Å². The third-order valence-electron chi connectivity index (χ3n) is 4.33. The Kier molecular flexibility index (Phi) is 3.44. The monoisotopic (exact) mass is 247 g/mol. The van der Waals surface area contributed by atoms with Crippen molar-refractivity contribution in [1.29, 1.82) is 0 Å². The standard InChI is InChI=1S/C15H21NS/c16-14(9-11-5-1-2-6-11)13-10-17-15-8-4-3-7-12(13)15/h3-4,7-8,11,13-14H,1-2,5-6,9-10,16H2. The Morgan fingerprint density at radius 3 is 2.82 bits per heavy atom. The van der Waals surface area contributed by atoms with Crippen LogP contribution in [0.25, 0.3) is 0 Å². The van der Waals surface area contributed by atoms with E-state index < -0.39 is 0 Å². The Labute approximate surface area is 108 Å². The lowest BCUT2D eigenvalue weighted by atomic mass is 9.87. The molecule has 1 nitrogen and oxygen atoms in total. The summed E-state index contributed by atoms with van der Waals surface area (Å²) in [6, 6.07) is 9.17.